The van der Waals surface area contributed by atoms with Crippen molar-refractivity contribution in [2.75, 3.05) is 11.1 Å². The predicted molar refractivity (Wildman–Crippen MR) is 72.7 cm³/mol. The molecular weight excluding hydrogens is 280 g/mol. The van der Waals surface area contributed by atoms with Gasteiger partial charge in [0.25, 0.3) is 0 Å². The Bertz CT molecular complexity index is 510. The molecule has 1 heterocycles. The summed E-state index contributed by atoms with van der Waals surface area (Å²) >= 11 is 3.41. The van der Waals surface area contributed by atoms with Crippen molar-refractivity contribution in [1.82, 2.24) is 9.97 Å². The van der Waals surface area contributed by atoms with Crippen LogP contribution < -0.4 is 11.1 Å². The predicted octanol–water partition coefficient (Wildman–Crippen LogP) is 2.74. The Hall–Kier alpha value is -1.62. The van der Waals surface area contributed by atoms with Crippen LogP contribution in [0, 0.1) is 6.92 Å². The van der Waals surface area contributed by atoms with Gasteiger partial charge in [-0.25, -0.2) is 9.97 Å². The second-order valence-electron chi connectivity index (χ2n) is 3.71. The summed E-state index contributed by atoms with van der Waals surface area (Å²) in [7, 11) is 0. The van der Waals surface area contributed by atoms with Gasteiger partial charge in [0.15, 0.2) is 0 Å². The summed E-state index contributed by atoms with van der Waals surface area (Å²) in [6.45, 7) is 2.61. The lowest BCUT2D eigenvalue weighted by Gasteiger charge is -2.09. The van der Waals surface area contributed by atoms with Crippen molar-refractivity contribution in [3.8, 4) is 0 Å². The lowest BCUT2D eigenvalue weighted by molar-refractivity contribution is 1.06. The summed E-state index contributed by atoms with van der Waals surface area (Å²) < 4.78 is 1.07. The van der Waals surface area contributed by atoms with Gasteiger partial charge in [-0.05, 0) is 24.6 Å². The lowest BCUT2D eigenvalue weighted by atomic mass is 10.2. The van der Waals surface area contributed by atoms with Crippen molar-refractivity contribution in [3.05, 3.63) is 46.2 Å². The van der Waals surface area contributed by atoms with Crippen molar-refractivity contribution in [2.24, 2.45) is 0 Å². The first kappa shape index (κ1) is 11.9. The van der Waals surface area contributed by atoms with Crippen LogP contribution in [-0.2, 0) is 6.54 Å². The van der Waals surface area contributed by atoms with Gasteiger partial charge >= 0.3 is 0 Å². The molecule has 2 rings (SSSR count). The monoisotopic (exact) mass is 292 g/mol. The van der Waals surface area contributed by atoms with Crippen LogP contribution in [0.4, 0.5) is 11.6 Å². The average Bonchev–Trinajstić information content (AvgIpc) is 2.33. The van der Waals surface area contributed by atoms with Crippen molar-refractivity contribution in [2.45, 2.75) is 13.5 Å². The molecule has 0 saturated heterocycles. The molecule has 17 heavy (non-hydrogen) atoms. The first-order valence-corrected chi connectivity index (χ1v) is 6.01. The molecule has 0 bridgehead atoms. The lowest BCUT2D eigenvalue weighted by Crippen LogP contribution is -2.06. The number of benzene rings is 1. The van der Waals surface area contributed by atoms with Crippen molar-refractivity contribution >= 4 is 27.6 Å². The molecule has 1 aromatic carbocycles. The molecule has 0 unspecified atom stereocenters. The highest BCUT2D eigenvalue weighted by atomic mass is 79.9. The third-order valence-electron chi connectivity index (χ3n) is 2.50. The minimum atomic E-state index is 0.512. The standard InChI is InChI=1S/C12H13BrN4/c1-8-11(14)16-7-17-12(8)15-6-9-2-4-10(13)5-3-9/h2-5,7H,6H2,1H3,(H3,14,15,16,17). The Labute approximate surface area is 108 Å². The Morgan fingerprint density at radius 1 is 1.24 bits per heavy atom. The van der Waals surface area contributed by atoms with E-state index in [9.17, 15) is 0 Å². The third-order valence-corrected chi connectivity index (χ3v) is 3.02. The topological polar surface area (TPSA) is 63.8 Å². The van der Waals surface area contributed by atoms with Crippen molar-refractivity contribution in [1.29, 1.82) is 0 Å². The molecule has 0 aliphatic heterocycles. The highest BCUT2D eigenvalue weighted by Gasteiger charge is 2.03. The molecule has 4 nitrogen and oxygen atoms in total. The highest BCUT2D eigenvalue weighted by molar-refractivity contribution is 9.10. The SMILES string of the molecule is Cc1c(N)ncnc1NCc1ccc(Br)cc1. The molecule has 88 valence electrons. The summed E-state index contributed by atoms with van der Waals surface area (Å²) in [6.07, 6.45) is 1.46. The van der Waals surface area contributed by atoms with Gasteiger partial charge in [0, 0.05) is 16.6 Å². The number of hydrogen-bond donors (Lipinski definition) is 2. The Kier molecular flexibility index (Phi) is 3.58. The normalized spacial score (nSPS) is 10.2. The van der Waals surface area contributed by atoms with Crippen LogP contribution in [-0.4, -0.2) is 9.97 Å². The zero-order valence-corrected chi connectivity index (χ0v) is 11.0. The zero-order chi connectivity index (χ0) is 12.3. The van der Waals surface area contributed by atoms with Gasteiger partial charge in [0.1, 0.15) is 18.0 Å². The smallest absolute Gasteiger partial charge is 0.134 e. The fraction of sp³-hybridized carbons (Fsp3) is 0.167. The summed E-state index contributed by atoms with van der Waals surface area (Å²) in [5.74, 6) is 1.29. The number of halogens is 1. The summed E-state index contributed by atoms with van der Waals surface area (Å²) in [6, 6.07) is 8.13. The number of rotatable bonds is 3. The number of anilines is 2. The van der Waals surface area contributed by atoms with Gasteiger partial charge in [-0.2, -0.15) is 0 Å². The number of hydrogen-bond acceptors (Lipinski definition) is 4. The van der Waals surface area contributed by atoms with E-state index in [0.717, 1.165) is 15.9 Å². The van der Waals surface area contributed by atoms with Crippen molar-refractivity contribution in [3.63, 3.8) is 0 Å². The zero-order valence-electron chi connectivity index (χ0n) is 9.44. The molecule has 0 amide bonds. The Morgan fingerprint density at radius 3 is 2.65 bits per heavy atom. The maximum absolute atomic E-state index is 5.71. The largest absolute Gasteiger partial charge is 0.383 e. The summed E-state index contributed by atoms with van der Waals surface area (Å²) in [5.41, 5.74) is 7.78. The quantitative estimate of drug-likeness (QED) is 0.913. The van der Waals surface area contributed by atoms with E-state index in [0.29, 0.717) is 12.4 Å². The van der Waals surface area contributed by atoms with Crippen LogP contribution in [0.2, 0.25) is 0 Å². The molecule has 5 heteroatoms. The molecule has 0 aliphatic carbocycles. The number of nitrogens with one attached hydrogen (secondary N) is 1. The second-order valence-corrected chi connectivity index (χ2v) is 4.63. The van der Waals surface area contributed by atoms with Gasteiger partial charge in [0.05, 0.1) is 0 Å². The minimum Gasteiger partial charge on any atom is -0.383 e. The van der Waals surface area contributed by atoms with E-state index in [1.165, 1.54) is 11.9 Å². The van der Waals surface area contributed by atoms with Crippen LogP contribution in [0.15, 0.2) is 35.1 Å². The number of nitrogens with zero attached hydrogens (tertiary/aromatic N) is 2. The van der Waals surface area contributed by atoms with Crippen LogP contribution >= 0.6 is 15.9 Å². The van der Waals surface area contributed by atoms with E-state index in [4.69, 9.17) is 5.73 Å². The Balaban J connectivity index is 2.07. The number of aromatic nitrogens is 2. The van der Waals surface area contributed by atoms with Crippen molar-refractivity contribution < 1.29 is 0 Å². The molecule has 0 radical (unpaired) electrons. The van der Waals surface area contributed by atoms with Crippen LogP contribution in [0.5, 0.6) is 0 Å². The van der Waals surface area contributed by atoms with Crippen LogP contribution in [0.1, 0.15) is 11.1 Å². The minimum absolute atomic E-state index is 0.512. The van der Waals surface area contributed by atoms with Gasteiger partial charge in [-0.3, -0.25) is 0 Å². The fourth-order valence-electron chi connectivity index (χ4n) is 1.43. The molecule has 0 saturated carbocycles. The molecule has 3 N–H and O–H groups in total. The summed E-state index contributed by atoms with van der Waals surface area (Å²) in [5, 5.41) is 3.24. The molecule has 0 spiro atoms. The first-order valence-electron chi connectivity index (χ1n) is 5.22. The third kappa shape index (κ3) is 2.94. The van der Waals surface area contributed by atoms with Crippen LogP contribution in [0.25, 0.3) is 0 Å². The van der Waals surface area contributed by atoms with E-state index in [1.807, 2.05) is 19.1 Å². The van der Waals surface area contributed by atoms with Gasteiger partial charge < -0.3 is 11.1 Å². The fourth-order valence-corrected chi connectivity index (χ4v) is 1.69. The number of nitrogens with two attached hydrogens (primary N) is 1. The Morgan fingerprint density at radius 2 is 1.94 bits per heavy atom. The van der Waals surface area contributed by atoms with Gasteiger partial charge in [-0.1, -0.05) is 28.1 Å². The van der Waals surface area contributed by atoms with E-state index in [1.54, 1.807) is 0 Å². The molecule has 0 fully saturated rings. The maximum atomic E-state index is 5.71. The van der Waals surface area contributed by atoms with E-state index in [-0.39, 0.29) is 0 Å². The van der Waals surface area contributed by atoms with Crippen LogP contribution in [0.3, 0.4) is 0 Å². The molecule has 0 atom stereocenters. The molecular formula is C12H13BrN4. The van der Waals surface area contributed by atoms with Gasteiger partial charge in [0.2, 0.25) is 0 Å². The van der Waals surface area contributed by atoms with E-state index in [2.05, 4.69) is 43.3 Å². The van der Waals surface area contributed by atoms with E-state index < -0.39 is 0 Å². The average molecular weight is 293 g/mol. The number of nitrogen functional groups attached to an aromatic ring is 1. The molecule has 0 aliphatic rings. The first-order chi connectivity index (χ1) is 8.16. The van der Waals surface area contributed by atoms with E-state index >= 15 is 0 Å². The molecule has 1 aromatic heterocycles. The summed E-state index contributed by atoms with van der Waals surface area (Å²) in [4.78, 5) is 8.09. The molecule has 2 aromatic rings. The highest BCUT2D eigenvalue weighted by Crippen LogP contribution is 2.16. The maximum Gasteiger partial charge on any atom is 0.134 e. The second kappa shape index (κ2) is 5.14. The van der Waals surface area contributed by atoms with Gasteiger partial charge in [-0.15, -0.1) is 0 Å².